The van der Waals surface area contributed by atoms with Gasteiger partial charge in [-0.2, -0.15) is 0 Å². The molecule has 0 aromatic heterocycles. The molecule has 0 radical (unpaired) electrons. The number of benzene rings is 2. The third-order valence-electron chi connectivity index (χ3n) is 6.24. The lowest BCUT2D eigenvalue weighted by Crippen LogP contribution is -2.58. The van der Waals surface area contributed by atoms with Crippen LogP contribution in [-0.4, -0.2) is 70.5 Å². The maximum absolute atomic E-state index is 13.4. The lowest BCUT2D eigenvalue weighted by atomic mass is 10.0. The first-order chi connectivity index (χ1) is 19.5. The number of aliphatic carboxylic acids is 1. The number of carboxylic acids is 1. The molecular weight excluding hydrogens is 532 g/mol. The molecule has 0 bridgehead atoms. The van der Waals surface area contributed by atoms with Gasteiger partial charge in [0.25, 0.3) is 0 Å². The molecule has 4 atom stereocenters. The van der Waals surface area contributed by atoms with Gasteiger partial charge in [0.15, 0.2) is 0 Å². The molecule has 0 fully saturated rings. The normalized spacial score (nSPS) is 13.7. The fraction of sp³-hybridized carbons (Fsp3) is 0.393. The summed E-state index contributed by atoms with van der Waals surface area (Å²) in [7, 11) is 0. The Kier molecular flexibility index (Phi) is 13.2. The SMILES string of the molecule is NCCCCC(NC(=O)C(CC(N)=O)NC(=O)C(Cc1ccc(O)cc1)NC(=O)C(N)Cc1ccccc1)C(=O)O. The highest BCUT2D eigenvalue weighted by molar-refractivity contribution is 5.96. The Labute approximate surface area is 237 Å². The van der Waals surface area contributed by atoms with Gasteiger partial charge in [0.05, 0.1) is 12.5 Å². The number of amides is 4. The standard InChI is InChI=1S/C28H38N6O7/c29-13-5-4-8-21(28(40)41)32-27(39)23(16-24(31)36)34-26(38)22(15-18-9-11-19(35)12-10-18)33-25(37)20(30)14-17-6-2-1-3-7-17/h1-3,6-7,9-12,20-23,35H,4-5,8,13-16,29-30H2,(H2,31,36)(H,32,39)(H,33,37)(H,34,38)(H,40,41). The van der Waals surface area contributed by atoms with Crippen LogP contribution in [0.2, 0.25) is 0 Å². The van der Waals surface area contributed by atoms with E-state index in [1.165, 1.54) is 12.1 Å². The molecule has 4 amide bonds. The minimum Gasteiger partial charge on any atom is -0.508 e. The van der Waals surface area contributed by atoms with Crippen molar-refractivity contribution in [2.45, 2.75) is 62.7 Å². The van der Waals surface area contributed by atoms with E-state index in [1.807, 2.05) is 6.07 Å². The molecule has 0 aliphatic heterocycles. The van der Waals surface area contributed by atoms with Gasteiger partial charge in [0.2, 0.25) is 23.6 Å². The Balaban J connectivity index is 2.22. The van der Waals surface area contributed by atoms with Crippen LogP contribution in [0.4, 0.5) is 0 Å². The monoisotopic (exact) mass is 570 g/mol. The molecule has 0 spiro atoms. The van der Waals surface area contributed by atoms with E-state index in [9.17, 15) is 34.2 Å². The van der Waals surface area contributed by atoms with Crippen LogP contribution in [0.25, 0.3) is 0 Å². The fourth-order valence-electron chi connectivity index (χ4n) is 4.02. The van der Waals surface area contributed by atoms with Gasteiger partial charge in [-0.1, -0.05) is 42.5 Å². The van der Waals surface area contributed by atoms with Crippen LogP contribution in [0.1, 0.15) is 36.8 Å². The molecule has 0 aliphatic carbocycles. The molecule has 13 nitrogen and oxygen atoms in total. The van der Waals surface area contributed by atoms with E-state index < -0.39 is 60.2 Å². The van der Waals surface area contributed by atoms with Gasteiger partial charge in [0, 0.05) is 6.42 Å². The van der Waals surface area contributed by atoms with Crippen molar-refractivity contribution in [3.8, 4) is 5.75 Å². The molecule has 2 rings (SSSR count). The van der Waals surface area contributed by atoms with Crippen LogP contribution in [0.3, 0.4) is 0 Å². The quantitative estimate of drug-likeness (QED) is 0.109. The summed E-state index contributed by atoms with van der Waals surface area (Å²) in [6.07, 6.45) is 0.622. The molecule has 0 saturated carbocycles. The smallest absolute Gasteiger partial charge is 0.326 e. The number of hydrogen-bond acceptors (Lipinski definition) is 8. The molecule has 11 N–H and O–H groups in total. The number of aromatic hydroxyl groups is 1. The van der Waals surface area contributed by atoms with E-state index in [0.29, 0.717) is 24.9 Å². The first-order valence-electron chi connectivity index (χ1n) is 13.2. The number of primary amides is 1. The van der Waals surface area contributed by atoms with Crippen LogP contribution in [0.5, 0.6) is 5.75 Å². The lowest BCUT2D eigenvalue weighted by Gasteiger charge is -2.25. The number of nitrogens with two attached hydrogens (primary N) is 3. The molecule has 222 valence electrons. The number of phenolic OH excluding ortho intramolecular Hbond substituents is 1. The minimum absolute atomic E-state index is 0.00121. The molecule has 13 heteroatoms. The average molecular weight is 571 g/mol. The second-order valence-corrected chi connectivity index (χ2v) is 9.64. The van der Waals surface area contributed by atoms with Crippen LogP contribution < -0.4 is 33.2 Å². The second kappa shape index (κ2) is 16.6. The Morgan fingerprint density at radius 2 is 1.29 bits per heavy atom. The number of carboxylic acid groups (broad SMARTS) is 1. The number of unbranched alkanes of at least 4 members (excludes halogenated alkanes) is 1. The third-order valence-corrected chi connectivity index (χ3v) is 6.24. The summed E-state index contributed by atoms with van der Waals surface area (Å²) >= 11 is 0. The Morgan fingerprint density at radius 1 is 0.732 bits per heavy atom. The Morgan fingerprint density at radius 3 is 1.88 bits per heavy atom. The maximum Gasteiger partial charge on any atom is 0.326 e. The number of rotatable bonds is 17. The van der Waals surface area contributed by atoms with Crippen molar-refractivity contribution in [1.29, 1.82) is 0 Å². The van der Waals surface area contributed by atoms with Crippen molar-refractivity contribution >= 4 is 29.6 Å². The molecule has 0 heterocycles. The molecule has 2 aromatic carbocycles. The van der Waals surface area contributed by atoms with Crippen molar-refractivity contribution in [3.05, 3.63) is 65.7 Å². The molecule has 2 aromatic rings. The van der Waals surface area contributed by atoms with Gasteiger partial charge in [-0.15, -0.1) is 0 Å². The molecule has 41 heavy (non-hydrogen) atoms. The molecule has 0 aliphatic rings. The predicted octanol–water partition coefficient (Wildman–Crippen LogP) is -0.952. The summed E-state index contributed by atoms with van der Waals surface area (Å²) in [5, 5.41) is 26.4. The van der Waals surface area contributed by atoms with Crippen LogP contribution in [0, 0.1) is 0 Å². The van der Waals surface area contributed by atoms with Gasteiger partial charge in [0.1, 0.15) is 23.9 Å². The second-order valence-electron chi connectivity index (χ2n) is 9.64. The van der Waals surface area contributed by atoms with Crippen molar-refractivity contribution < 1.29 is 34.2 Å². The van der Waals surface area contributed by atoms with Gasteiger partial charge >= 0.3 is 5.97 Å². The van der Waals surface area contributed by atoms with Crippen LogP contribution in [0.15, 0.2) is 54.6 Å². The van der Waals surface area contributed by atoms with Crippen molar-refractivity contribution in [2.75, 3.05) is 6.54 Å². The number of nitrogens with one attached hydrogen (secondary N) is 3. The van der Waals surface area contributed by atoms with Gasteiger partial charge < -0.3 is 43.4 Å². The van der Waals surface area contributed by atoms with Crippen LogP contribution >= 0.6 is 0 Å². The summed E-state index contributed by atoms with van der Waals surface area (Å²) in [6.45, 7) is 0.351. The van der Waals surface area contributed by atoms with Crippen LogP contribution in [-0.2, 0) is 36.8 Å². The first kappa shape index (κ1) is 32.7. The van der Waals surface area contributed by atoms with Crippen molar-refractivity contribution in [3.63, 3.8) is 0 Å². The zero-order valence-electron chi connectivity index (χ0n) is 22.6. The highest BCUT2D eigenvalue weighted by Gasteiger charge is 2.31. The average Bonchev–Trinajstić information content (AvgIpc) is 2.93. The number of phenols is 1. The number of hydrogen-bond donors (Lipinski definition) is 8. The summed E-state index contributed by atoms with van der Waals surface area (Å²) in [5.74, 6) is -4.58. The highest BCUT2D eigenvalue weighted by Crippen LogP contribution is 2.12. The van der Waals surface area contributed by atoms with Crippen molar-refractivity contribution in [1.82, 2.24) is 16.0 Å². The van der Waals surface area contributed by atoms with E-state index in [2.05, 4.69) is 16.0 Å². The molecular formula is C28H38N6O7. The summed E-state index contributed by atoms with van der Waals surface area (Å²) < 4.78 is 0. The number of carbonyl (C=O) groups is 5. The van der Waals surface area contributed by atoms with Crippen molar-refractivity contribution in [2.24, 2.45) is 17.2 Å². The van der Waals surface area contributed by atoms with E-state index in [4.69, 9.17) is 17.2 Å². The van der Waals surface area contributed by atoms with Gasteiger partial charge in [-0.05, 0) is 55.5 Å². The van der Waals surface area contributed by atoms with Gasteiger partial charge in [-0.25, -0.2) is 4.79 Å². The minimum atomic E-state index is -1.51. The zero-order valence-corrected chi connectivity index (χ0v) is 22.6. The fourth-order valence-corrected chi connectivity index (χ4v) is 4.02. The first-order valence-corrected chi connectivity index (χ1v) is 13.2. The van der Waals surface area contributed by atoms with Gasteiger partial charge in [-0.3, -0.25) is 19.2 Å². The third kappa shape index (κ3) is 11.6. The van der Waals surface area contributed by atoms with E-state index in [0.717, 1.165) is 5.56 Å². The van der Waals surface area contributed by atoms with E-state index in [-0.39, 0.29) is 25.0 Å². The summed E-state index contributed by atoms with van der Waals surface area (Å²) in [5.41, 5.74) is 18.2. The molecule has 0 saturated heterocycles. The Bertz CT molecular complexity index is 1180. The molecule has 4 unspecified atom stereocenters. The highest BCUT2D eigenvalue weighted by atomic mass is 16.4. The Hall–Kier alpha value is -4.49. The topological polar surface area (TPSA) is 240 Å². The summed E-state index contributed by atoms with van der Waals surface area (Å²) in [4.78, 5) is 62.7. The number of carbonyl (C=O) groups excluding carboxylic acids is 4. The van der Waals surface area contributed by atoms with E-state index >= 15 is 0 Å². The zero-order chi connectivity index (χ0) is 30.4. The lowest BCUT2D eigenvalue weighted by molar-refractivity contribution is -0.142. The van der Waals surface area contributed by atoms with E-state index in [1.54, 1.807) is 36.4 Å². The largest absolute Gasteiger partial charge is 0.508 e. The summed E-state index contributed by atoms with van der Waals surface area (Å²) in [6, 6.07) is 9.96. The predicted molar refractivity (Wildman–Crippen MR) is 150 cm³/mol. The maximum atomic E-state index is 13.4.